The second kappa shape index (κ2) is 4.84. The number of carbonyl (C=O) groups is 1. The monoisotopic (exact) mass is 286 g/mol. The van der Waals surface area contributed by atoms with Crippen LogP contribution in [0.15, 0.2) is 36.4 Å². The first-order chi connectivity index (χ1) is 9.56. The van der Waals surface area contributed by atoms with Gasteiger partial charge < -0.3 is 10.6 Å². The zero-order chi connectivity index (χ0) is 14.3. The second-order valence-corrected chi connectivity index (χ2v) is 5.49. The molecule has 0 aliphatic carbocycles. The highest BCUT2D eigenvalue weighted by atomic mass is 35.5. The van der Waals surface area contributed by atoms with Crippen molar-refractivity contribution in [1.82, 2.24) is 0 Å². The average molecular weight is 287 g/mol. The quantitative estimate of drug-likeness (QED) is 0.816. The third-order valence-electron chi connectivity index (χ3n) is 3.67. The van der Waals surface area contributed by atoms with Crippen molar-refractivity contribution in [3.8, 4) is 0 Å². The number of nitrogen functional groups attached to an aromatic ring is 1. The lowest BCUT2D eigenvalue weighted by Gasteiger charge is -2.19. The molecule has 20 heavy (non-hydrogen) atoms. The van der Waals surface area contributed by atoms with Crippen molar-refractivity contribution in [2.45, 2.75) is 13.3 Å². The molecule has 2 aromatic rings. The van der Waals surface area contributed by atoms with E-state index in [1.807, 2.05) is 31.2 Å². The molecule has 0 atom stereocenters. The number of benzene rings is 2. The van der Waals surface area contributed by atoms with E-state index in [0.29, 0.717) is 22.8 Å². The van der Waals surface area contributed by atoms with Crippen molar-refractivity contribution in [3.63, 3.8) is 0 Å². The summed E-state index contributed by atoms with van der Waals surface area (Å²) < 4.78 is 0. The number of anilines is 2. The number of hydrogen-bond donors (Lipinski definition) is 1. The summed E-state index contributed by atoms with van der Waals surface area (Å²) in [5, 5.41) is 0.644. The van der Waals surface area contributed by atoms with E-state index in [2.05, 4.69) is 0 Å². The SMILES string of the molecule is Cc1cc(Cl)ccc1C(=O)N1CCc2ccc(N)cc21. The number of fused-ring (bicyclic) bond motifs is 1. The minimum Gasteiger partial charge on any atom is -0.399 e. The molecule has 4 heteroatoms. The molecule has 0 bridgehead atoms. The fraction of sp³-hybridized carbons (Fsp3) is 0.188. The van der Waals surface area contributed by atoms with Crippen LogP contribution in [0.3, 0.4) is 0 Å². The molecule has 0 spiro atoms. The number of nitrogens with two attached hydrogens (primary N) is 1. The van der Waals surface area contributed by atoms with Gasteiger partial charge >= 0.3 is 0 Å². The molecular formula is C16H15ClN2O. The Morgan fingerprint density at radius 3 is 2.80 bits per heavy atom. The lowest BCUT2D eigenvalue weighted by Crippen LogP contribution is -2.29. The third-order valence-corrected chi connectivity index (χ3v) is 3.90. The summed E-state index contributed by atoms with van der Waals surface area (Å²) in [6.45, 7) is 2.59. The molecule has 1 amide bonds. The molecular weight excluding hydrogens is 272 g/mol. The van der Waals surface area contributed by atoms with Crippen LogP contribution in [0.2, 0.25) is 5.02 Å². The predicted octanol–water partition coefficient (Wildman–Crippen LogP) is 3.43. The molecule has 102 valence electrons. The molecule has 0 saturated carbocycles. The van der Waals surface area contributed by atoms with Crippen LogP contribution in [-0.4, -0.2) is 12.5 Å². The first-order valence-corrected chi connectivity index (χ1v) is 6.90. The molecule has 1 aliphatic heterocycles. The van der Waals surface area contributed by atoms with Crippen molar-refractivity contribution in [3.05, 3.63) is 58.1 Å². The van der Waals surface area contributed by atoms with Crippen LogP contribution in [0.4, 0.5) is 11.4 Å². The number of carbonyl (C=O) groups excluding carboxylic acids is 1. The summed E-state index contributed by atoms with van der Waals surface area (Å²) in [4.78, 5) is 14.5. The standard InChI is InChI=1S/C16H15ClN2O/c1-10-8-12(17)3-5-14(10)16(20)19-7-6-11-2-4-13(18)9-15(11)19/h2-5,8-9H,6-7,18H2,1H3. The van der Waals surface area contributed by atoms with Crippen LogP contribution in [0.1, 0.15) is 21.5 Å². The zero-order valence-electron chi connectivity index (χ0n) is 11.2. The van der Waals surface area contributed by atoms with Crippen molar-refractivity contribution < 1.29 is 4.79 Å². The van der Waals surface area contributed by atoms with Crippen molar-refractivity contribution in [2.24, 2.45) is 0 Å². The van der Waals surface area contributed by atoms with Gasteiger partial charge in [0.1, 0.15) is 0 Å². The van der Waals surface area contributed by atoms with E-state index in [1.165, 1.54) is 5.56 Å². The molecule has 2 N–H and O–H groups in total. The lowest BCUT2D eigenvalue weighted by molar-refractivity contribution is 0.0989. The van der Waals surface area contributed by atoms with Gasteiger partial charge in [0.15, 0.2) is 0 Å². The number of amides is 1. The van der Waals surface area contributed by atoms with E-state index in [4.69, 9.17) is 17.3 Å². The van der Waals surface area contributed by atoms with Crippen molar-refractivity contribution in [1.29, 1.82) is 0 Å². The highest BCUT2D eigenvalue weighted by Gasteiger charge is 2.26. The summed E-state index contributed by atoms with van der Waals surface area (Å²) in [5.41, 5.74) is 10.2. The molecule has 1 aliphatic rings. The van der Waals surface area contributed by atoms with Gasteiger partial charge in [0.25, 0.3) is 5.91 Å². The topological polar surface area (TPSA) is 46.3 Å². The normalized spacial score (nSPS) is 13.4. The Hall–Kier alpha value is -2.00. The van der Waals surface area contributed by atoms with E-state index in [0.717, 1.165) is 17.7 Å². The van der Waals surface area contributed by atoms with Crippen LogP contribution in [0, 0.1) is 6.92 Å². The number of hydrogen-bond acceptors (Lipinski definition) is 2. The van der Waals surface area contributed by atoms with E-state index in [9.17, 15) is 4.79 Å². The number of rotatable bonds is 1. The molecule has 3 rings (SSSR count). The molecule has 3 nitrogen and oxygen atoms in total. The number of aryl methyl sites for hydroxylation is 1. The summed E-state index contributed by atoms with van der Waals surface area (Å²) in [7, 11) is 0. The maximum Gasteiger partial charge on any atom is 0.258 e. The molecule has 1 heterocycles. The maximum absolute atomic E-state index is 12.7. The Balaban J connectivity index is 1.99. The minimum atomic E-state index is 0.00326. The zero-order valence-corrected chi connectivity index (χ0v) is 11.9. The molecule has 0 saturated heterocycles. The maximum atomic E-state index is 12.7. The smallest absolute Gasteiger partial charge is 0.258 e. The molecule has 0 aromatic heterocycles. The predicted molar refractivity (Wildman–Crippen MR) is 82.4 cm³/mol. The molecule has 2 aromatic carbocycles. The van der Waals surface area contributed by atoms with Gasteiger partial charge in [0.2, 0.25) is 0 Å². The fourth-order valence-corrected chi connectivity index (χ4v) is 2.85. The van der Waals surface area contributed by atoms with Gasteiger partial charge in [-0.05, 0) is 54.8 Å². The van der Waals surface area contributed by atoms with Gasteiger partial charge in [-0.15, -0.1) is 0 Å². The fourth-order valence-electron chi connectivity index (χ4n) is 2.62. The van der Waals surface area contributed by atoms with Crippen LogP contribution in [0.25, 0.3) is 0 Å². The lowest BCUT2D eigenvalue weighted by atomic mass is 10.1. The summed E-state index contributed by atoms with van der Waals surface area (Å²) in [5.74, 6) is 0.00326. The Morgan fingerprint density at radius 1 is 1.25 bits per heavy atom. The first kappa shape index (κ1) is 13.0. The van der Waals surface area contributed by atoms with E-state index in [-0.39, 0.29) is 5.91 Å². The largest absolute Gasteiger partial charge is 0.399 e. The second-order valence-electron chi connectivity index (χ2n) is 5.05. The highest BCUT2D eigenvalue weighted by Crippen LogP contribution is 2.31. The van der Waals surface area contributed by atoms with Crippen LogP contribution < -0.4 is 10.6 Å². The summed E-state index contributed by atoms with van der Waals surface area (Å²) >= 11 is 5.94. The average Bonchev–Trinajstić information content (AvgIpc) is 2.81. The Morgan fingerprint density at radius 2 is 2.05 bits per heavy atom. The Bertz CT molecular complexity index is 697. The summed E-state index contributed by atoms with van der Waals surface area (Å²) in [6.07, 6.45) is 0.869. The summed E-state index contributed by atoms with van der Waals surface area (Å²) in [6, 6.07) is 11.1. The van der Waals surface area contributed by atoms with Gasteiger partial charge in [0, 0.05) is 28.5 Å². The first-order valence-electron chi connectivity index (χ1n) is 6.52. The molecule has 0 unspecified atom stereocenters. The Kier molecular flexibility index (Phi) is 3.14. The van der Waals surface area contributed by atoms with Crippen molar-refractivity contribution >= 4 is 28.9 Å². The van der Waals surface area contributed by atoms with Gasteiger partial charge in [-0.3, -0.25) is 4.79 Å². The van der Waals surface area contributed by atoms with Gasteiger partial charge in [-0.2, -0.15) is 0 Å². The number of nitrogens with zero attached hydrogens (tertiary/aromatic N) is 1. The van der Waals surface area contributed by atoms with Crippen LogP contribution in [0.5, 0.6) is 0 Å². The van der Waals surface area contributed by atoms with Gasteiger partial charge in [-0.25, -0.2) is 0 Å². The Labute approximate surface area is 123 Å². The van der Waals surface area contributed by atoms with Crippen LogP contribution in [-0.2, 0) is 6.42 Å². The molecule has 0 fully saturated rings. The van der Waals surface area contributed by atoms with Gasteiger partial charge in [0.05, 0.1) is 0 Å². The van der Waals surface area contributed by atoms with E-state index >= 15 is 0 Å². The van der Waals surface area contributed by atoms with Crippen LogP contribution >= 0.6 is 11.6 Å². The van der Waals surface area contributed by atoms with Gasteiger partial charge in [-0.1, -0.05) is 17.7 Å². The van der Waals surface area contributed by atoms with Crippen molar-refractivity contribution in [2.75, 3.05) is 17.2 Å². The highest BCUT2D eigenvalue weighted by molar-refractivity contribution is 6.30. The van der Waals surface area contributed by atoms with E-state index in [1.54, 1.807) is 17.0 Å². The minimum absolute atomic E-state index is 0.00326. The third kappa shape index (κ3) is 2.14. The van der Waals surface area contributed by atoms with E-state index < -0.39 is 0 Å². The molecule has 0 radical (unpaired) electrons. The number of halogens is 1.